The van der Waals surface area contributed by atoms with E-state index in [1.807, 2.05) is 29.7 Å². The van der Waals surface area contributed by atoms with Crippen LogP contribution in [0.25, 0.3) is 11.6 Å². The van der Waals surface area contributed by atoms with Crippen molar-refractivity contribution < 1.29 is 4.79 Å². The van der Waals surface area contributed by atoms with Gasteiger partial charge in [0, 0.05) is 22.8 Å². The van der Waals surface area contributed by atoms with Crippen molar-refractivity contribution in [2.45, 2.75) is 0 Å². The van der Waals surface area contributed by atoms with Crippen molar-refractivity contribution in [2.24, 2.45) is 0 Å². The first-order valence-electron chi connectivity index (χ1n) is 4.85. The van der Waals surface area contributed by atoms with E-state index in [1.54, 1.807) is 23.7 Å². The maximum absolute atomic E-state index is 11.8. The second-order valence-electron chi connectivity index (χ2n) is 3.45. The van der Waals surface area contributed by atoms with Crippen molar-refractivity contribution in [3.05, 3.63) is 46.4 Å². The third kappa shape index (κ3) is 1.44. The highest BCUT2D eigenvalue weighted by molar-refractivity contribution is 7.11. The predicted octanol–water partition coefficient (Wildman–Crippen LogP) is 2.64. The molecule has 3 rings (SSSR count). The minimum Gasteiger partial charge on any atom is -0.321 e. The summed E-state index contributed by atoms with van der Waals surface area (Å²) in [4.78, 5) is 16.9. The molecule has 78 valence electrons. The molecule has 3 heterocycles. The molecule has 3 nitrogen and oxygen atoms in total. The Morgan fingerprint density at radius 1 is 1.38 bits per heavy atom. The smallest absolute Gasteiger partial charge is 0.256 e. The summed E-state index contributed by atoms with van der Waals surface area (Å²) in [6, 6.07) is 5.76. The number of fused-ring (bicyclic) bond motifs is 1. The quantitative estimate of drug-likeness (QED) is 0.762. The van der Waals surface area contributed by atoms with E-state index in [1.165, 1.54) is 0 Å². The number of amides is 1. The number of carbonyl (C=O) groups excluding carboxylic acids is 1. The molecule has 0 fully saturated rings. The minimum atomic E-state index is -0.0589. The van der Waals surface area contributed by atoms with E-state index < -0.39 is 0 Å². The van der Waals surface area contributed by atoms with Gasteiger partial charge in [0.15, 0.2) is 0 Å². The van der Waals surface area contributed by atoms with Gasteiger partial charge >= 0.3 is 0 Å². The molecular formula is C12H8N2OS. The van der Waals surface area contributed by atoms with E-state index in [-0.39, 0.29) is 5.91 Å². The van der Waals surface area contributed by atoms with Crippen LogP contribution in [0.4, 0.5) is 5.69 Å². The first kappa shape index (κ1) is 9.30. The number of aromatic nitrogens is 1. The lowest BCUT2D eigenvalue weighted by Crippen LogP contribution is -2.03. The Kier molecular flexibility index (Phi) is 2.08. The topological polar surface area (TPSA) is 42.0 Å². The molecule has 0 atom stereocenters. The molecule has 2 aromatic rings. The predicted molar refractivity (Wildman–Crippen MR) is 65.1 cm³/mol. The Morgan fingerprint density at radius 3 is 3.12 bits per heavy atom. The number of rotatable bonds is 1. The van der Waals surface area contributed by atoms with E-state index in [0.29, 0.717) is 5.57 Å². The van der Waals surface area contributed by atoms with Crippen LogP contribution in [0.3, 0.4) is 0 Å². The fraction of sp³-hybridized carbons (Fsp3) is 0. The maximum Gasteiger partial charge on any atom is 0.256 e. The van der Waals surface area contributed by atoms with Crippen molar-refractivity contribution in [1.29, 1.82) is 0 Å². The van der Waals surface area contributed by atoms with E-state index in [9.17, 15) is 4.79 Å². The SMILES string of the molecule is O=C1Nc2ccncc2/C1=C/c1cccs1. The first-order chi connectivity index (χ1) is 7.84. The molecule has 0 radical (unpaired) electrons. The van der Waals surface area contributed by atoms with Crippen LogP contribution in [0, 0.1) is 0 Å². The fourth-order valence-electron chi connectivity index (χ4n) is 1.69. The van der Waals surface area contributed by atoms with E-state index in [0.717, 1.165) is 16.1 Å². The third-order valence-electron chi connectivity index (χ3n) is 2.43. The van der Waals surface area contributed by atoms with Crippen LogP contribution in [0.15, 0.2) is 36.0 Å². The van der Waals surface area contributed by atoms with Crippen molar-refractivity contribution in [2.75, 3.05) is 5.32 Å². The fourth-order valence-corrected chi connectivity index (χ4v) is 2.35. The zero-order valence-electron chi connectivity index (χ0n) is 8.31. The number of nitrogens with zero attached hydrogens (tertiary/aromatic N) is 1. The average Bonchev–Trinajstić information content (AvgIpc) is 2.89. The summed E-state index contributed by atoms with van der Waals surface area (Å²) >= 11 is 1.61. The Hall–Kier alpha value is -1.94. The lowest BCUT2D eigenvalue weighted by molar-refractivity contribution is -0.110. The molecule has 4 heteroatoms. The van der Waals surface area contributed by atoms with Crippen LogP contribution >= 0.6 is 11.3 Å². The number of anilines is 1. The summed E-state index contributed by atoms with van der Waals surface area (Å²) in [5.74, 6) is -0.0589. The van der Waals surface area contributed by atoms with Crippen molar-refractivity contribution in [3.63, 3.8) is 0 Å². The second-order valence-corrected chi connectivity index (χ2v) is 4.43. The third-order valence-corrected chi connectivity index (χ3v) is 3.25. The first-order valence-corrected chi connectivity index (χ1v) is 5.73. The van der Waals surface area contributed by atoms with Crippen molar-refractivity contribution >= 4 is 34.6 Å². The molecule has 2 aromatic heterocycles. The number of hydrogen-bond acceptors (Lipinski definition) is 3. The van der Waals surface area contributed by atoms with Crippen LogP contribution < -0.4 is 5.32 Å². The molecule has 1 N–H and O–H groups in total. The van der Waals surface area contributed by atoms with Gasteiger partial charge in [0.1, 0.15) is 0 Å². The summed E-state index contributed by atoms with van der Waals surface area (Å²) in [5.41, 5.74) is 2.40. The lowest BCUT2D eigenvalue weighted by Gasteiger charge is -1.94. The zero-order valence-corrected chi connectivity index (χ0v) is 9.12. The zero-order chi connectivity index (χ0) is 11.0. The molecule has 0 unspecified atom stereocenters. The highest BCUT2D eigenvalue weighted by Crippen LogP contribution is 2.32. The molecule has 0 saturated heterocycles. The number of nitrogens with one attached hydrogen (secondary N) is 1. The largest absolute Gasteiger partial charge is 0.321 e. The summed E-state index contributed by atoms with van der Waals surface area (Å²) in [7, 11) is 0. The molecule has 1 amide bonds. The average molecular weight is 228 g/mol. The van der Waals surface area contributed by atoms with Gasteiger partial charge in [-0.3, -0.25) is 9.78 Å². The van der Waals surface area contributed by atoms with Crippen LogP contribution in [0.5, 0.6) is 0 Å². The minimum absolute atomic E-state index is 0.0589. The number of hydrogen-bond donors (Lipinski definition) is 1. The highest BCUT2D eigenvalue weighted by atomic mass is 32.1. The van der Waals surface area contributed by atoms with Gasteiger partial charge in [0.25, 0.3) is 5.91 Å². The van der Waals surface area contributed by atoms with E-state index in [2.05, 4.69) is 10.3 Å². The van der Waals surface area contributed by atoms with Gasteiger partial charge in [-0.05, 0) is 23.6 Å². The van der Waals surface area contributed by atoms with Gasteiger partial charge in [-0.15, -0.1) is 11.3 Å². The Bertz CT molecular complexity index is 572. The van der Waals surface area contributed by atoms with Gasteiger partial charge in [0.2, 0.25) is 0 Å². The van der Waals surface area contributed by atoms with E-state index in [4.69, 9.17) is 0 Å². The van der Waals surface area contributed by atoms with Crippen molar-refractivity contribution in [3.8, 4) is 0 Å². The van der Waals surface area contributed by atoms with Gasteiger partial charge in [-0.1, -0.05) is 6.07 Å². The van der Waals surface area contributed by atoms with E-state index >= 15 is 0 Å². The molecular weight excluding hydrogens is 220 g/mol. The molecule has 0 saturated carbocycles. The summed E-state index contributed by atoms with van der Waals surface area (Å²) in [6.07, 6.45) is 5.29. The normalized spacial score (nSPS) is 16.2. The lowest BCUT2D eigenvalue weighted by atomic mass is 10.1. The van der Waals surface area contributed by atoms with Gasteiger partial charge in [-0.25, -0.2) is 0 Å². The standard InChI is InChI=1S/C12H8N2OS/c15-12-9(6-8-2-1-5-16-8)10-7-13-4-3-11(10)14-12/h1-7H,(H,14,15)/b9-6-. The number of pyridine rings is 1. The Labute approximate surface area is 96.5 Å². The van der Waals surface area contributed by atoms with Crippen LogP contribution in [0.2, 0.25) is 0 Å². The molecule has 0 spiro atoms. The molecule has 1 aliphatic rings. The monoisotopic (exact) mass is 228 g/mol. The summed E-state index contributed by atoms with van der Waals surface area (Å²) in [6.45, 7) is 0. The summed E-state index contributed by atoms with van der Waals surface area (Å²) < 4.78 is 0. The van der Waals surface area contributed by atoms with Crippen LogP contribution in [-0.4, -0.2) is 10.9 Å². The van der Waals surface area contributed by atoms with Crippen molar-refractivity contribution in [1.82, 2.24) is 4.98 Å². The van der Waals surface area contributed by atoms with Gasteiger partial charge < -0.3 is 5.32 Å². The molecule has 0 aromatic carbocycles. The maximum atomic E-state index is 11.8. The molecule has 0 bridgehead atoms. The second kappa shape index (κ2) is 3.57. The van der Waals surface area contributed by atoms with Crippen LogP contribution in [0.1, 0.15) is 10.4 Å². The Balaban J connectivity index is 2.12. The number of carbonyl (C=O) groups is 1. The summed E-state index contributed by atoms with van der Waals surface area (Å²) in [5, 5.41) is 4.81. The highest BCUT2D eigenvalue weighted by Gasteiger charge is 2.23. The number of thiophene rings is 1. The van der Waals surface area contributed by atoms with Gasteiger partial charge in [-0.2, -0.15) is 0 Å². The molecule has 1 aliphatic heterocycles. The molecule has 0 aliphatic carbocycles. The molecule has 16 heavy (non-hydrogen) atoms. The van der Waals surface area contributed by atoms with Crippen LogP contribution in [-0.2, 0) is 4.79 Å². The van der Waals surface area contributed by atoms with Gasteiger partial charge in [0.05, 0.1) is 11.3 Å². The Morgan fingerprint density at radius 2 is 2.31 bits per heavy atom.